The first kappa shape index (κ1) is 19.3. The molecular weight excluding hydrogens is 407 g/mol. The van der Waals surface area contributed by atoms with Gasteiger partial charge in [0.1, 0.15) is 11.6 Å². The van der Waals surface area contributed by atoms with E-state index in [9.17, 15) is 9.18 Å². The predicted molar refractivity (Wildman–Crippen MR) is 105 cm³/mol. The van der Waals surface area contributed by atoms with Crippen LogP contribution in [0.4, 0.5) is 10.1 Å². The van der Waals surface area contributed by atoms with Gasteiger partial charge < -0.3 is 15.0 Å². The number of halogens is 2. The number of carbonyl (C=O) groups excluding carboxylic acids is 1. The fraction of sp³-hybridized carbons (Fsp3) is 0.222. The molecule has 0 aromatic heterocycles. The molecule has 4 nitrogen and oxygen atoms in total. The van der Waals surface area contributed by atoms with E-state index in [2.05, 4.69) is 21.2 Å². The number of thiocarbonyl (C=S) groups is 1. The third-order valence-electron chi connectivity index (χ3n) is 3.51. The Balaban J connectivity index is 2.24. The van der Waals surface area contributed by atoms with Gasteiger partial charge in [-0.2, -0.15) is 0 Å². The van der Waals surface area contributed by atoms with Crippen molar-refractivity contribution in [1.29, 1.82) is 0 Å². The number of rotatable bonds is 5. The van der Waals surface area contributed by atoms with Gasteiger partial charge in [-0.05, 0) is 68.5 Å². The van der Waals surface area contributed by atoms with E-state index in [0.717, 1.165) is 4.47 Å². The van der Waals surface area contributed by atoms with E-state index in [1.54, 1.807) is 18.2 Å². The molecule has 0 atom stereocenters. The third kappa shape index (κ3) is 5.24. The Kier molecular flexibility index (Phi) is 6.90. The zero-order chi connectivity index (χ0) is 18.4. The minimum atomic E-state index is -0.370. The fourth-order valence-corrected chi connectivity index (χ4v) is 2.85. The first-order chi connectivity index (χ1) is 11.9. The second-order valence-electron chi connectivity index (χ2n) is 5.14. The lowest BCUT2D eigenvalue weighted by molar-refractivity contribution is 0.102. The molecule has 0 aliphatic rings. The molecule has 25 heavy (non-hydrogen) atoms. The highest BCUT2D eigenvalue weighted by Gasteiger charge is 2.17. The van der Waals surface area contributed by atoms with Crippen LogP contribution < -0.4 is 10.1 Å². The maximum atomic E-state index is 13.0. The Morgan fingerprint density at radius 1 is 1.20 bits per heavy atom. The molecule has 2 aromatic rings. The van der Waals surface area contributed by atoms with Crippen LogP contribution in [0.2, 0.25) is 0 Å². The summed E-state index contributed by atoms with van der Waals surface area (Å²) in [5.74, 6) is -0.376. The molecule has 132 valence electrons. The average molecular weight is 425 g/mol. The Morgan fingerprint density at radius 3 is 2.44 bits per heavy atom. The van der Waals surface area contributed by atoms with Gasteiger partial charge >= 0.3 is 0 Å². The van der Waals surface area contributed by atoms with Crippen LogP contribution in [-0.4, -0.2) is 29.1 Å². The van der Waals surface area contributed by atoms with E-state index in [1.165, 1.54) is 24.3 Å². The second kappa shape index (κ2) is 8.92. The number of ether oxygens (including phenoxy) is 1. The highest BCUT2D eigenvalue weighted by Crippen LogP contribution is 2.25. The molecule has 0 fully saturated rings. The number of nitrogens with one attached hydrogen (secondary N) is 1. The summed E-state index contributed by atoms with van der Waals surface area (Å²) in [5, 5.41) is 3.03. The number of hydrogen-bond donors (Lipinski definition) is 1. The van der Waals surface area contributed by atoms with Gasteiger partial charge in [-0.1, -0.05) is 15.9 Å². The summed E-state index contributed by atoms with van der Waals surface area (Å²) in [6.45, 7) is 5.37. The molecule has 0 heterocycles. The van der Waals surface area contributed by atoms with Crippen molar-refractivity contribution < 1.29 is 13.9 Å². The van der Waals surface area contributed by atoms with Crippen LogP contribution in [0.3, 0.4) is 0 Å². The largest absolute Gasteiger partial charge is 0.431 e. The minimum absolute atomic E-state index is 0.308. The summed E-state index contributed by atoms with van der Waals surface area (Å²) in [4.78, 5) is 14.5. The van der Waals surface area contributed by atoms with Crippen LogP contribution in [0.25, 0.3) is 0 Å². The molecule has 0 aliphatic heterocycles. The average Bonchev–Trinajstić information content (AvgIpc) is 2.59. The number of amides is 1. The van der Waals surface area contributed by atoms with Gasteiger partial charge in [-0.3, -0.25) is 4.79 Å². The highest BCUT2D eigenvalue weighted by atomic mass is 79.9. The van der Waals surface area contributed by atoms with E-state index in [0.29, 0.717) is 35.3 Å². The summed E-state index contributed by atoms with van der Waals surface area (Å²) in [6, 6.07) is 10.7. The van der Waals surface area contributed by atoms with E-state index >= 15 is 0 Å². The van der Waals surface area contributed by atoms with Crippen LogP contribution in [0.15, 0.2) is 46.9 Å². The van der Waals surface area contributed by atoms with Crippen LogP contribution in [-0.2, 0) is 0 Å². The first-order valence-electron chi connectivity index (χ1n) is 7.77. The van der Waals surface area contributed by atoms with Crippen molar-refractivity contribution in [2.24, 2.45) is 0 Å². The molecule has 1 amide bonds. The lowest BCUT2D eigenvalue weighted by atomic mass is 10.2. The number of nitrogens with zero attached hydrogens (tertiary/aromatic N) is 1. The number of anilines is 1. The van der Waals surface area contributed by atoms with Gasteiger partial charge in [0.25, 0.3) is 11.1 Å². The highest BCUT2D eigenvalue weighted by molar-refractivity contribution is 9.10. The zero-order valence-corrected chi connectivity index (χ0v) is 16.3. The quantitative estimate of drug-likeness (QED) is 0.696. The Labute approximate surface area is 160 Å². The van der Waals surface area contributed by atoms with Gasteiger partial charge in [0, 0.05) is 23.2 Å². The van der Waals surface area contributed by atoms with Gasteiger partial charge in [-0.25, -0.2) is 4.39 Å². The van der Waals surface area contributed by atoms with E-state index in [4.69, 9.17) is 17.0 Å². The molecule has 2 rings (SSSR count). The molecule has 0 radical (unpaired) electrons. The van der Waals surface area contributed by atoms with Crippen molar-refractivity contribution >= 4 is 44.9 Å². The summed E-state index contributed by atoms with van der Waals surface area (Å²) in [5.41, 5.74) is 0.817. The van der Waals surface area contributed by atoms with Crippen LogP contribution in [0, 0.1) is 5.82 Å². The second-order valence-corrected chi connectivity index (χ2v) is 6.41. The lowest BCUT2D eigenvalue weighted by Crippen LogP contribution is -2.33. The Bertz CT molecular complexity index is 764. The molecule has 0 bridgehead atoms. The fourth-order valence-electron chi connectivity index (χ4n) is 2.14. The molecule has 0 spiro atoms. The summed E-state index contributed by atoms with van der Waals surface area (Å²) in [7, 11) is 0. The SMILES string of the molecule is CCN(CC)C(=S)Oc1ccc(Br)cc1C(=O)Nc1ccc(F)cc1. The van der Waals surface area contributed by atoms with Crippen molar-refractivity contribution in [2.45, 2.75) is 13.8 Å². The molecule has 1 N–H and O–H groups in total. The van der Waals surface area contributed by atoms with E-state index < -0.39 is 0 Å². The molecule has 7 heteroatoms. The first-order valence-corrected chi connectivity index (χ1v) is 8.98. The Hall–Kier alpha value is -1.99. The number of carbonyl (C=O) groups is 1. The summed E-state index contributed by atoms with van der Waals surface area (Å²) < 4.78 is 19.5. The molecule has 0 unspecified atom stereocenters. The van der Waals surface area contributed by atoms with Crippen molar-refractivity contribution in [2.75, 3.05) is 18.4 Å². The molecule has 2 aromatic carbocycles. The Morgan fingerprint density at radius 2 is 1.84 bits per heavy atom. The van der Waals surface area contributed by atoms with Crippen molar-refractivity contribution in [3.8, 4) is 5.75 Å². The number of hydrogen-bond acceptors (Lipinski definition) is 3. The number of benzene rings is 2. The summed E-state index contributed by atoms with van der Waals surface area (Å²) in [6.07, 6.45) is 0. The summed E-state index contributed by atoms with van der Waals surface area (Å²) >= 11 is 8.65. The normalized spacial score (nSPS) is 10.2. The molecule has 0 saturated heterocycles. The van der Waals surface area contributed by atoms with Crippen LogP contribution in [0.1, 0.15) is 24.2 Å². The van der Waals surface area contributed by atoms with Gasteiger partial charge in [-0.15, -0.1) is 0 Å². The molecule has 0 aliphatic carbocycles. The van der Waals surface area contributed by atoms with Gasteiger partial charge in [0.15, 0.2) is 0 Å². The lowest BCUT2D eigenvalue weighted by Gasteiger charge is -2.22. The third-order valence-corrected chi connectivity index (χ3v) is 4.34. The van der Waals surface area contributed by atoms with E-state index in [1.807, 2.05) is 18.7 Å². The van der Waals surface area contributed by atoms with Gasteiger partial charge in [0.05, 0.1) is 5.56 Å². The monoisotopic (exact) mass is 424 g/mol. The maximum Gasteiger partial charge on any atom is 0.264 e. The topological polar surface area (TPSA) is 41.6 Å². The van der Waals surface area contributed by atoms with Crippen molar-refractivity contribution in [1.82, 2.24) is 4.90 Å². The van der Waals surface area contributed by atoms with Crippen LogP contribution >= 0.6 is 28.1 Å². The zero-order valence-electron chi connectivity index (χ0n) is 13.9. The van der Waals surface area contributed by atoms with Crippen molar-refractivity contribution in [3.05, 3.63) is 58.3 Å². The standard InChI is InChI=1S/C18H18BrFN2O2S/c1-3-22(4-2)18(25)24-16-10-5-12(19)11-15(16)17(23)21-14-8-6-13(20)7-9-14/h5-11H,3-4H2,1-2H3,(H,21,23). The smallest absolute Gasteiger partial charge is 0.264 e. The van der Waals surface area contributed by atoms with E-state index in [-0.39, 0.29) is 11.7 Å². The maximum absolute atomic E-state index is 13.0. The van der Waals surface area contributed by atoms with Crippen LogP contribution in [0.5, 0.6) is 5.75 Å². The molecular formula is C18H18BrFN2O2S. The molecule has 0 saturated carbocycles. The predicted octanol–water partition coefficient (Wildman–Crippen LogP) is 4.85. The van der Waals surface area contributed by atoms with Gasteiger partial charge in [0.2, 0.25) is 0 Å². The minimum Gasteiger partial charge on any atom is -0.431 e. The van der Waals surface area contributed by atoms with Crippen molar-refractivity contribution in [3.63, 3.8) is 0 Å².